The molecule has 0 aliphatic heterocycles. The summed E-state index contributed by atoms with van der Waals surface area (Å²) in [6, 6.07) is 1.31. The SMILES string of the molecule is C=CC[C@H](N)c1ccc(F)c(F)c1F. The van der Waals surface area contributed by atoms with Gasteiger partial charge in [0, 0.05) is 11.6 Å². The zero-order valence-corrected chi connectivity index (χ0v) is 7.43. The second-order valence-electron chi connectivity index (χ2n) is 2.90. The molecule has 0 radical (unpaired) electrons. The largest absolute Gasteiger partial charge is 0.324 e. The Morgan fingerprint density at radius 3 is 2.50 bits per heavy atom. The molecule has 0 aromatic heterocycles. The number of hydrogen-bond donors (Lipinski definition) is 1. The fourth-order valence-electron chi connectivity index (χ4n) is 1.13. The number of nitrogens with two attached hydrogens (primary N) is 1. The summed E-state index contributed by atoms with van der Waals surface area (Å²) in [5, 5.41) is 0. The van der Waals surface area contributed by atoms with Crippen molar-refractivity contribution in [3.05, 3.63) is 47.8 Å². The van der Waals surface area contributed by atoms with Gasteiger partial charge in [-0.3, -0.25) is 0 Å². The number of benzene rings is 1. The third kappa shape index (κ3) is 1.96. The minimum atomic E-state index is -1.48. The molecule has 1 nitrogen and oxygen atoms in total. The Hall–Kier alpha value is -1.29. The fraction of sp³-hybridized carbons (Fsp3) is 0.200. The molecule has 1 atom stereocenters. The van der Waals surface area contributed by atoms with E-state index in [4.69, 9.17) is 5.73 Å². The van der Waals surface area contributed by atoms with Gasteiger partial charge in [-0.15, -0.1) is 6.58 Å². The fourth-order valence-corrected chi connectivity index (χ4v) is 1.13. The van der Waals surface area contributed by atoms with Crippen molar-refractivity contribution in [2.24, 2.45) is 5.73 Å². The van der Waals surface area contributed by atoms with Gasteiger partial charge in [-0.25, -0.2) is 13.2 Å². The lowest BCUT2D eigenvalue weighted by Crippen LogP contribution is -2.12. The van der Waals surface area contributed by atoms with Crippen LogP contribution in [0.4, 0.5) is 13.2 Å². The molecule has 76 valence electrons. The molecule has 1 aromatic rings. The van der Waals surface area contributed by atoms with E-state index in [-0.39, 0.29) is 5.56 Å². The van der Waals surface area contributed by atoms with Gasteiger partial charge in [-0.05, 0) is 12.5 Å². The molecule has 0 fully saturated rings. The molecule has 2 N–H and O–H groups in total. The molecule has 0 heterocycles. The molecule has 0 saturated carbocycles. The minimum absolute atomic E-state index is 0.0381. The summed E-state index contributed by atoms with van der Waals surface area (Å²) in [5.41, 5.74) is 5.49. The Labute approximate surface area is 80.0 Å². The van der Waals surface area contributed by atoms with E-state index >= 15 is 0 Å². The van der Waals surface area contributed by atoms with E-state index in [1.807, 2.05) is 0 Å². The zero-order chi connectivity index (χ0) is 10.7. The van der Waals surface area contributed by atoms with Crippen molar-refractivity contribution >= 4 is 0 Å². The van der Waals surface area contributed by atoms with Crippen LogP contribution < -0.4 is 5.73 Å². The van der Waals surface area contributed by atoms with Crippen molar-refractivity contribution in [3.8, 4) is 0 Å². The second-order valence-corrected chi connectivity index (χ2v) is 2.90. The highest BCUT2D eigenvalue weighted by molar-refractivity contribution is 5.23. The van der Waals surface area contributed by atoms with Gasteiger partial charge < -0.3 is 5.73 Å². The maximum Gasteiger partial charge on any atom is 0.194 e. The summed E-state index contributed by atoms with van der Waals surface area (Å²) < 4.78 is 38.4. The first-order chi connectivity index (χ1) is 6.57. The Morgan fingerprint density at radius 1 is 1.29 bits per heavy atom. The van der Waals surface area contributed by atoms with Crippen LogP contribution in [-0.4, -0.2) is 0 Å². The van der Waals surface area contributed by atoms with Gasteiger partial charge in [0.1, 0.15) is 0 Å². The third-order valence-electron chi connectivity index (χ3n) is 1.89. The van der Waals surface area contributed by atoms with Crippen LogP contribution in [0.3, 0.4) is 0 Å². The highest BCUT2D eigenvalue weighted by atomic mass is 19.2. The van der Waals surface area contributed by atoms with Crippen molar-refractivity contribution in [1.82, 2.24) is 0 Å². The van der Waals surface area contributed by atoms with E-state index in [2.05, 4.69) is 6.58 Å². The highest BCUT2D eigenvalue weighted by Gasteiger charge is 2.16. The van der Waals surface area contributed by atoms with Gasteiger partial charge in [0.05, 0.1) is 0 Å². The van der Waals surface area contributed by atoms with E-state index in [1.54, 1.807) is 0 Å². The Kier molecular flexibility index (Phi) is 3.30. The Balaban J connectivity index is 3.10. The molecule has 0 aliphatic rings. The molecule has 0 bridgehead atoms. The lowest BCUT2D eigenvalue weighted by molar-refractivity contribution is 0.435. The van der Waals surface area contributed by atoms with Crippen molar-refractivity contribution in [3.63, 3.8) is 0 Å². The molecule has 4 heteroatoms. The lowest BCUT2D eigenvalue weighted by Gasteiger charge is -2.10. The van der Waals surface area contributed by atoms with Crippen molar-refractivity contribution < 1.29 is 13.2 Å². The average Bonchev–Trinajstić information content (AvgIpc) is 2.15. The molecule has 0 amide bonds. The summed E-state index contributed by atoms with van der Waals surface area (Å²) in [7, 11) is 0. The van der Waals surface area contributed by atoms with Crippen LogP contribution >= 0.6 is 0 Å². The van der Waals surface area contributed by atoms with Crippen molar-refractivity contribution in [1.29, 1.82) is 0 Å². The quantitative estimate of drug-likeness (QED) is 0.590. The summed E-state index contributed by atoms with van der Waals surface area (Å²) in [4.78, 5) is 0. The van der Waals surface area contributed by atoms with Gasteiger partial charge in [-0.2, -0.15) is 0 Å². The molecule has 0 spiro atoms. The van der Waals surface area contributed by atoms with E-state index in [0.717, 1.165) is 12.1 Å². The summed E-state index contributed by atoms with van der Waals surface area (Å²) in [5.74, 6) is -3.92. The van der Waals surface area contributed by atoms with Gasteiger partial charge in [0.25, 0.3) is 0 Å². The molecule has 1 rings (SSSR count). The monoisotopic (exact) mass is 201 g/mol. The first-order valence-corrected chi connectivity index (χ1v) is 4.07. The number of hydrogen-bond acceptors (Lipinski definition) is 1. The Morgan fingerprint density at radius 2 is 1.93 bits per heavy atom. The predicted molar refractivity (Wildman–Crippen MR) is 48.1 cm³/mol. The second kappa shape index (κ2) is 4.28. The van der Waals surface area contributed by atoms with Crippen molar-refractivity contribution in [2.75, 3.05) is 0 Å². The smallest absolute Gasteiger partial charge is 0.194 e. The van der Waals surface area contributed by atoms with Crippen LogP contribution in [0.25, 0.3) is 0 Å². The van der Waals surface area contributed by atoms with Crippen LogP contribution in [0.5, 0.6) is 0 Å². The number of halogens is 3. The van der Waals surface area contributed by atoms with Crippen LogP contribution in [0.1, 0.15) is 18.0 Å². The van der Waals surface area contributed by atoms with E-state index < -0.39 is 23.5 Å². The molecular weight excluding hydrogens is 191 g/mol. The van der Waals surface area contributed by atoms with E-state index in [9.17, 15) is 13.2 Å². The van der Waals surface area contributed by atoms with Gasteiger partial charge in [0.15, 0.2) is 17.5 Å². The number of rotatable bonds is 3. The average molecular weight is 201 g/mol. The Bertz CT molecular complexity index is 349. The van der Waals surface area contributed by atoms with Crippen LogP contribution in [0.2, 0.25) is 0 Å². The third-order valence-corrected chi connectivity index (χ3v) is 1.89. The summed E-state index contributed by atoms with van der Waals surface area (Å²) in [6.07, 6.45) is 1.80. The first kappa shape index (κ1) is 10.8. The minimum Gasteiger partial charge on any atom is -0.324 e. The molecule has 0 saturated heterocycles. The normalized spacial score (nSPS) is 12.6. The standard InChI is InChI=1S/C10H10F3N/c1-2-3-8(14)6-4-5-7(11)10(13)9(6)12/h2,4-5,8H,1,3,14H2/t8-/m0/s1. The van der Waals surface area contributed by atoms with E-state index in [1.165, 1.54) is 6.08 Å². The van der Waals surface area contributed by atoms with Crippen molar-refractivity contribution in [2.45, 2.75) is 12.5 Å². The lowest BCUT2D eigenvalue weighted by atomic mass is 10.0. The highest BCUT2D eigenvalue weighted by Crippen LogP contribution is 2.21. The summed E-state index contributed by atoms with van der Waals surface area (Å²) >= 11 is 0. The molecular formula is C10H10F3N. The molecule has 14 heavy (non-hydrogen) atoms. The van der Waals surface area contributed by atoms with Gasteiger partial charge in [0.2, 0.25) is 0 Å². The maximum absolute atomic E-state index is 13.1. The molecule has 1 aromatic carbocycles. The summed E-state index contributed by atoms with van der Waals surface area (Å²) in [6.45, 7) is 3.43. The predicted octanol–water partition coefficient (Wildman–Crippen LogP) is 2.68. The van der Waals surface area contributed by atoms with E-state index in [0.29, 0.717) is 6.42 Å². The zero-order valence-electron chi connectivity index (χ0n) is 7.43. The van der Waals surface area contributed by atoms with Gasteiger partial charge >= 0.3 is 0 Å². The molecule has 0 unspecified atom stereocenters. The van der Waals surface area contributed by atoms with Crippen LogP contribution in [0.15, 0.2) is 24.8 Å². The topological polar surface area (TPSA) is 26.0 Å². The van der Waals surface area contributed by atoms with Gasteiger partial charge in [-0.1, -0.05) is 12.1 Å². The first-order valence-electron chi connectivity index (χ1n) is 4.07. The van der Waals surface area contributed by atoms with Crippen LogP contribution in [0, 0.1) is 17.5 Å². The molecule has 0 aliphatic carbocycles. The maximum atomic E-state index is 13.1. The van der Waals surface area contributed by atoms with Crippen LogP contribution in [-0.2, 0) is 0 Å².